The van der Waals surface area contributed by atoms with Crippen LogP contribution in [-0.4, -0.2) is 16.8 Å². The number of para-hydroxylation sites is 1. The average molecular weight is 280 g/mol. The Morgan fingerprint density at radius 1 is 1.10 bits per heavy atom. The second-order valence-electron chi connectivity index (χ2n) is 4.12. The van der Waals surface area contributed by atoms with Gasteiger partial charge in [-0.25, -0.2) is 0 Å². The van der Waals surface area contributed by atoms with Crippen LogP contribution in [-0.2, 0) is 16.1 Å². The minimum absolute atomic E-state index is 0.160. The normalized spacial score (nSPS) is 9.48. The molecule has 1 heterocycles. The fraction of sp³-hybridized carbons (Fsp3) is 0.0667. The summed E-state index contributed by atoms with van der Waals surface area (Å²) >= 11 is 0. The van der Waals surface area contributed by atoms with Gasteiger partial charge in [0.25, 0.3) is 0 Å². The Kier molecular flexibility index (Phi) is 4.62. The first-order valence-corrected chi connectivity index (χ1v) is 6.19. The highest BCUT2D eigenvalue weighted by molar-refractivity contribution is 6.39. The monoisotopic (exact) mass is 280 g/mol. The van der Waals surface area contributed by atoms with E-state index in [9.17, 15) is 9.59 Å². The Morgan fingerprint density at radius 3 is 2.57 bits per heavy atom. The highest BCUT2D eigenvalue weighted by atomic mass is 16.2. The standard InChI is InChI=1S/C15H12N4O2/c16-9-11-5-1-2-7-13(11)19-15(21)14(20)18-10-12-6-3-4-8-17-12/h1-8H,10H2,(H,18,20)(H,19,21). The van der Waals surface area contributed by atoms with Gasteiger partial charge in [-0.1, -0.05) is 18.2 Å². The van der Waals surface area contributed by atoms with Crippen molar-refractivity contribution < 1.29 is 9.59 Å². The molecule has 21 heavy (non-hydrogen) atoms. The van der Waals surface area contributed by atoms with Crippen LogP contribution in [0.3, 0.4) is 0 Å². The van der Waals surface area contributed by atoms with Crippen LogP contribution in [0.4, 0.5) is 5.69 Å². The summed E-state index contributed by atoms with van der Waals surface area (Å²) in [6, 6.07) is 13.7. The minimum atomic E-state index is -0.825. The molecule has 1 aromatic heterocycles. The molecule has 2 amide bonds. The molecule has 0 unspecified atom stereocenters. The molecule has 0 spiro atoms. The SMILES string of the molecule is N#Cc1ccccc1NC(=O)C(=O)NCc1ccccn1. The fourth-order valence-corrected chi connectivity index (χ4v) is 1.62. The Balaban J connectivity index is 1.94. The van der Waals surface area contributed by atoms with Gasteiger partial charge in [0.15, 0.2) is 0 Å². The maximum Gasteiger partial charge on any atom is 0.313 e. The van der Waals surface area contributed by atoms with Gasteiger partial charge in [0, 0.05) is 6.20 Å². The van der Waals surface area contributed by atoms with Crippen LogP contribution in [0.25, 0.3) is 0 Å². The molecule has 0 radical (unpaired) electrons. The van der Waals surface area contributed by atoms with Gasteiger partial charge in [-0.2, -0.15) is 5.26 Å². The third-order valence-electron chi connectivity index (χ3n) is 2.66. The van der Waals surface area contributed by atoms with Crippen molar-refractivity contribution in [2.45, 2.75) is 6.54 Å². The molecule has 6 heteroatoms. The predicted molar refractivity (Wildman–Crippen MR) is 75.9 cm³/mol. The average Bonchev–Trinajstić information content (AvgIpc) is 2.54. The zero-order chi connectivity index (χ0) is 15.1. The van der Waals surface area contributed by atoms with Gasteiger partial charge in [-0.05, 0) is 24.3 Å². The van der Waals surface area contributed by atoms with Crippen molar-refractivity contribution in [3.63, 3.8) is 0 Å². The molecule has 0 aliphatic rings. The predicted octanol–water partition coefficient (Wildman–Crippen LogP) is 1.21. The number of nitrogens with zero attached hydrogens (tertiary/aromatic N) is 2. The van der Waals surface area contributed by atoms with Crippen LogP contribution < -0.4 is 10.6 Å². The summed E-state index contributed by atoms with van der Waals surface area (Å²) in [5.41, 5.74) is 1.25. The van der Waals surface area contributed by atoms with E-state index in [1.165, 1.54) is 0 Å². The molecule has 2 N–H and O–H groups in total. The van der Waals surface area contributed by atoms with Gasteiger partial charge < -0.3 is 10.6 Å². The highest BCUT2D eigenvalue weighted by Crippen LogP contribution is 2.13. The Bertz CT molecular complexity index is 692. The van der Waals surface area contributed by atoms with Crippen LogP contribution in [0.1, 0.15) is 11.3 Å². The smallest absolute Gasteiger partial charge is 0.313 e. The van der Waals surface area contributed by atoms with Crippen molar-refractivity contribution in [2.24, 2.45) is 0 Å². The number of nitriles is 1. The van der Waals surface area contributed by atoms with Crippen LogP contribution >= 0.6 is 0 Å². The molecule has 6 nitrogen and oxygen atoms in total. The molecular formula is C15H12N4O2. The van der Waals surface area contributed by atoms with Gasteiger partial charge >= 0.3 is 11.8 Å². The van der Waals surface area contributed by atoms with E-state index in [0.717, 1.165) is 0 Å². The van der Waals surface area contributed by atoms with E-state index in [1.54, 1.807) is 48.7 Å². The number of carbonyl (C=O) groups is 2. The quantitative estimate of drug-likeness (QED) is 0.826. The van der Waals surface area contributed by atoms with Gasteiger partial charge in [0.05, 0.1) is 23.5 Å². The lowest BCUT2D eigenvalue weighted by Crippen LogP contribution is -2.35. The first-order valence-electron chi connectivity index (χ1n) is 6.19. The molecule has 0 saturated heterocycles. The van der Waals surface area contributed by atoms with Crippen LogP contribution in [0, 0.1) is 11.3 Å². The summed E-state index contributed by atoms with van der Waals surface area (Å²) in [6.45, 7) is 0.160. The summed E-state index contributed by atoms with van der Waals surface area (Å²) in [6.07, 6.45) is 1.60. The highest BCUT2D eigenvalue weighted by Gasteiger charge is 2.14. The van der Waals surface area contributed by atoms with E-state index < -0.39 is 11.8 Å². The first-order chi connectivity index (χ1) is 10.2. The number of aromatic nitrogens is 1. The molecule has 2 rings (SSSR count). The summed E-state index contributed by atoms with van der Waals surface area (Å²) in [4.78, 5) is 27.5. The third kappa shape index (κ3) is 3.88. The molecule has 0 aliphatic carbocycles. The number of amides is 2. The van der Waals surface area contributed by atoms with Crippen LogP contribution in [0.5, 0.6) is 0 Å². The fourth-order valence-electron chi connectivity index (χ4n) is 1.62. The van der Waals surface area contributed by atoms with Gasteiger partial charge in [0.1, 0.15) is 6.07 Å². The van der Waals surface area contributed by atoms with E-state index in [-0.39, 0.29) is 6.54 Å². The molecule has 0 bridgehead atoms. The van der Waals surface area contributed by atoms with Crippen molar-refractivity contribution in [2.75, 3.05) is 5.32 Å². The van der Waals surface area contributed by atoms with E-state index in [1.807, 2.05) is 6.07 Å². The number of pyridine rings is 1. The molecule has 2 aromatic rings. The molecule has 0 saturated carbocycles. The van der Waals surface area contributed by atoms with Crippen molar-refractivity contribution >= 4 is 17.5 Å². The van der Waals surface area contributed by atoms with Gasteiger partial charge in [-0.15, -0.1) is 0 Å². The summed E-state index contributed by atoms with van der Waals surface area (Å²) < 4.78 is 0. The third-order valence-corrected chi connectivity index (χ3v) is 2.66. The summed E-state index contributed by atoms with van der Waals surface area (Å²) in [5, 5.41) is 13.8. The van der Waals surface area contributed by atoms with E-state index in [4.69, 9.17) is 5.26 Å². The summed E-state index contributed by atoms with van der Waals surface area (Å²) in [7, 11) is 0. The van der Waals surface area contributed by atoms with Crippen molar-refractivity contribution in [1.82, 2.24) is 10.3 Å². The zero-order valence-electron chi connectivity index (χ0n) is 11.0. The lowest BCUT2D eigenvalue weighted by Gasteiger charge is -2.07. The maximum absolute atomic E-state index is 11.7. The number of carbonyl (C=O) groups excluding carboxylic acids is 2. The topological polar surface area (TPSA) is 94.9 Å². The second kappa shape index (κ2) is 6.82. The molecular weight excluding hydrogens is 268 g/mol. The van der Waals surface area contributed by atoms with E-state index >= 15 is 0 Å². The lowest BCUT2D eigenvalue weighted by molar-refractivity contribution is -0.136. The molecule has 0 fully saturated rings. The molecule has 0 aliphatic heterocycles. The number of rotatable bonds is 3. The van der Waals surface area contributed by atoms with Crippen molar-refractivity contribution in [1.29, 1.82) is 5.26 Å². The maximum atomic E-state index is 11.7. The van der Waals surface area contributed by atoms with E-state index in [2.05, 4.69) is 15.6 Å². The Hall–Kier alpha value is -3.20. The first kappa shape index (κ1) is 14.2. The Labute approximate surface area is 121 Å². The minimum Gasteiger partial charge on any atom is -0.342 e. The van der Waals surface area contributed by atoms with Crippen molar-refractivity contribution in [3.8, 4) is 6.07 Å². The summed E-state index contributed by atoms with van der Waals surface area (Å²) in [5.74, 6) is -1.61. The zero-order valence-corrected chi connectivity index (χ0v) is 11.0. The number of anilines is 1. The molecule has 1 aromatic carbocycles. The van der Waals surface area contributed by atoms with Gasteiger partial charge in [0.2, 0.25) is 0 Å². The van der Waals surface area contributed by atoms with Crippen LogP contribution in [0.15, 0.2) is 48.7 Å². The molecule has 104 valence electrons. The van der Waals surface area contributed by atoms with Crippen LogP contribution in [0.2, 0.25) is 0 Å². The van der Waals surface area contributed by atoms with E-state index in [0.29, 0.717) is 16.9 Å². The molecule has 0 atom stereocenters. The lowest BCUT2D eigenvalue weighted by atomic mass is 10.2. The number of hydrogen-bond acceptors (Lipinski definition) is 4. The number of benzene rings is 1. The number of hydrogen-bond donors (Lipinski definition) is 2. The van der Waals surface area contributed by atoms with Crippen molar-refractivity contribution in [3.05, 3.63) is 59.9 Å². The number of nitrogens with one attached hydrogen (secondary N) is 2. The Morgan fingerprint density at radius 2 is 1.86 bits per heavy atom. The van der Waals surface area contributed by atoms with Gasteiger partial charge in [-0.3, -0.25) is 14.6 Å². The largest absolute Gasteiger partial charge is 0.342 e. The second-order valence-corrected chi connectivity index (χ2v) is 4.12.